The summed E-state index contributed by atoms with van der Waals surface area (Å²) in [5, 5.41) is 14.7. The number of carbonyl (C=O) groups is 1. The van der Waals surface area contributed by atoms with Crippen molar-refractivity contribution in [2.24, 2.45) is 10.4 Å². The Morgan fingerprint density at radius 3 is 2.77 bits per heavy atom. The number of aliphatic carboxylic acids is 1. The number of nitrogens with zero attached hydrogens (tertiary/aromatic N) is 2. The van der Waals surface area contributed by atoms with Crippen molar-refractivity contribution >= 4 is 5.97 Å². The van der Waals surface area contributed by atoms with Gasteiger partial charge in [-0.3, -0.25) is 4.79 Å². The van der Waals surface area contributed by atoms with Crippen LogP contribution >= 0.6 is 0 Å². The lowest BCUT2D eigenvalue weighted by molar-refractivity contribution is -0.135. The molecular formula is C8H16N2O3. The van der Waals surface area contributed by atoms with Crippen LogP contribution in [-0.4, -0.2) is 24.2 Å². The molecule has 0 atom stereocenters. The fraction of sp³-hybridized carbons (Fsp3) is 0.875. The van der Waals surface area contributed by atoms with E-state index in [4.69, 9.17) is 9.94 Å². The third kappa shape index (κ3) is 10.9. The van der Waals surface area contributed by atoms with E-state index in [-0.39, 0.29) is 6.54 Å². The van der Waals surface area contributed by atoms with Crippen LogP contribution in [0.5, 0.6) is 0 Å². The molecule has 0 unspecified atom stereocenters. The van der Waals surface area contributed by atoms with Crippen LogP contribution in [0.1, 0.15) is 32.6 Å². The molecule has 0 aromatic heterocycles. The molecular weight excluding hydrogens is 172 g/mol. The lowest BCUT2D eigenvalue weighted by atomic mass is 10.2. The molecule has 0 spiro atoms. The number of unbranched alkanes of at least 4 members (excludes halogenated alkanes) is 3. The molecule has 0 radical (unpaired) electrons. The Balaban J connectivity index is 3.06. The van der Waals surface area contributed by atoms with Crippen molar-refractivity contribution < 1.29 is 14.7 Å². The van der Waals surface area contributed by atoms with Crippen molar-refractivity contribution in [3.05, 3.63) is 0 Å². The number of hydrogen-bond acceptors (Lipinski definition) is 4. The van der Waals surface area contributed by atoms with Gasteiger partial charge < -0.3 is 9.94 Å². The van der Waals surface area contributed by atoms with E-state index in [0.29, 0.717) is 6.61 Å². The van der Waals surface area contributed by atoms with E-state index in [2.05, 4.69) is 17.3 Å². The summed E-state index contributed by atoms with van der Waals surface area (Å²) in [6.45, 7) is 2.32. The Morgan fingerprint density at radius 2 is 2.15 bits per heavy atom. The van der Waals surface area contributed by atoms with Gasteiger partial charge in [-0.2, -0.15) is 0 Å². The molecule has 0 aliphatic heterocycles. The highest BCUT2D eigenvalue weighted by molar-refractivity contribution is 5.68. The predicted molar refractivity (Wildman–Crippen MR) is 47.5 cm³/mol. The fourth-order valence-electron chi connectivity index (χ4n) is 0.764. The van der Waals surface area contributed by atoms with Crippen LogP contribution in [0.15, 0.2) is 10.4 Å². The van der Waals surface area contributed by atoms with Crippen LogP contribution in [-0.2, 0) is 9.63 Å². The van der Waals surface area contributed by atoms with Crippen LogP contribution in [0.2, 0.25) is 0 Å². The molecule has 1 N–H and O–H groups in total. The van der Waals surface area contributed by atoms with E-state index in [1.165, 1.54) is 12.8 Å². The second kappa shape index (κ2) is 8.96. The summed E-state index contributed by atoms with van der Waals surface area (Å²) in [7, 11) is 0. The zero-order valence-electron chi connectivity index (χ0n) is 7.90. The van der Waals surface area contributed by atoms with Gasteiger partial charge in [0, 0.05) is 5.28 Å². The maximum absolute atomic E-state index is 9.96. The topological polar surface area (TPSA) is 71.2 Å². The molecule has 0 heterocycles. The Bertz CT molecular complexity index is 159. The molecule has 0 saturated carbocycles. The number of rotatable bonds is 8. The van der Waals surface area contributed by atoms with E-state index in [1.807, 2.05) is 0 Å². The standard InChI is InChI=1S/C8H16N2O3/c1-2-3-4-5-6-13-10-9-7-8(11)12/h2-7H2,1H3,(H,11,12)/b10-9+. The van der Waals surface area contributed by atoms with E-state index >= 15 is 0 Å². The minimum atomic E-state index is -1.00. The van der Waals surface area contributed by atoms with Gasteiger partial charge in [-0.15, -0.1) is 5.11 Å². The highest BCUT2D eigenvalue weighted by atomic mass is 16.6. The average molecular weight is 188 g/mol. The Morgan fingerprint density at radius 1 is 1.38 bits per heavy atom. The molecule has 0 aromatic rings. The lowest BCUT2D eigenvalue weighted by Crippen LogP contribution is -1.98. The molecule has 0 rings (SSSR count). The number of carboxylic acids is 1. The summed E-state index contributed by atoms with van der Waals surface area (Å²) in [6, 6.07) is 0. The lowest BCUT2D eigenvalue weighted by Gasteiger charge is -1.96. The van der Waals surface area contributed by atoms with Gasteiger partial charge in [0.15, 0.2) is 6.54 Å². The molecule has 0 aromatic carbocycles. The molecule has 0 amide bonds. The van der Waals surface area contributed by atoms with Crippen molar-refractivity contribution in [2.75, 3.05) is 13.2 Å². The average Bonchev–Trinajstić information content (AvgIpc) is 2.09. The van der Waals surface area contributed by atoms with Crippen LogP contribution in [0.25, 0.3) is 0 Å². The first-order valence-electron chi connectivity index (χ1n) is 4.48. The van der Waals surface area contributed by atoms with Crippen LogP contribution in [0, 0.1) is 0 Å². The summed E-state index contributed by atoms with van der Waals surface area (Å²) in [6.07, 6.45) is 4.43. The first-order chi connectivity index (χ1) is 6.27. The van der Waals surface area contributed by atoms with Gasteiger partial charge in [0.05, 0.1) is 0 Å². The van der Waals surface area contributed by atoms with E-state index < -0.39 is 5.97 Å². The first kappa shape index (κ1) is 11.9. The maximum atomic E-state index is 9.96. The highest BCUT2D eigenvalue weighted by Crippen LogP contribution is 1.98. The summed E-state index contributed by atoms with van der Waals surface area (Å²) in [4.78, 5) is 14.7. The molecule has 13 heavy (non-hydrogen) atoms. The van der Waals surface area contributed by atoms with Crippen LogP contribution < -0.4 is 0 Å². The van der Waals surface area contributed by atoms with Crippen molar-refractivity contribution in [2.45, 2.75) is 32.6 Å². The Kier molecular flexibility index (Phi) is 8.18. The SMILES string of the molecule is CCCCCCO/N=N/CC(=O)O. The summed E-state index contributed by atoms with van der Waals surface area (Å²) < 4.78 is 0. The van der Waals surface area contributed by atoms with Crippen molar-refractivity contribution in [3.63, 3.8) is 0 Å². The smallest absolute Gasteiger partial charge is 0.327 e. The molecule has 0 saturated heterocycles. The van der Waals surface area contributed by atoms with Gasteiger partial charge in [-0.05, 0) is 12.8 Å². The summed E-state index contributed by atoms with van der Waals surface area (Å²) >= 11 is 0. The minimum absolute atomic E-state index is 0.324. The molecule has 0 aliphatic carbocycles. The van der Waals surface area contributed by atoms with Crippen molar-refractivity contribution in [1.82, 2.24) is 0 Å². The third-order valence-electron chi connectivity index (χ3n) is 1.41. The molecule has 0 bridgehead atoms. The van der Waals surface area contributed by atoms with Gasteiger partial charge in [-0.25, -0.2) is 0 Å². The second-order valence-corrected chi connectivity index (χ2v) is 2.67. The molecule has 5 nitrogen and oxygen atoms in total. The predicted octanol–water partition coefficient (Wildman–Crippen LogP) is 2.04. The molecule has 76 valence electrons. The first-order valence-corrected chi connectivity index (χ1v) is 4.48. The fourth-order valence-corrected chi connectivity index (χ4v) is 0.764. The van der Waals surface area contributed by atoms with Crippen molar-refractivity contribution in [1.29, 1.82) is 0 Å². The quantitative estimate of drug-likeness (QED) is 0.360. The van der Waals surface area contributed by atoms with Gasteiger partial charge in [-0.1, -0.05) is 19.8 Å². The Hall–Kier alpha value is -1.13. The molecule has 5 heteroatoms. The van der Waals surface area contributed by atoms with E-state index in [9.17, 15) is 4.79 Å². The summed E-state index contributed by atoms with van der Waals surface area (Å²) in [5.74, 6) is -1.00. The van der Waals surface area contributed by atoms with Gasteiger partial charge >= 0.3 is 5.97 Å². The number of hydrogen-bond donors (Lipinski definition) is 1. The Labute approximate surface area is 77.8 Å². The molecule has 0 aliphatic rings. The van der Waals surface area contributed by atoms with Crippen LogP contribution in [0.3, 0.4) is 0 Å². The number of carboxylic acid groups (broad SMARTS) is 1. The monoisotopic (exact) mass is 188 g/mol. The zero-order chi connectivity index (χ0) is 9.94. The largest absolute Gasteiger partial charge is 0.480 e. The van der Waals surface area contributed by atoms with Gasteiger partial charge in [0.25, 0.3) is 0 Å². The van der Waals surface area contributed by atoms with Crippen molar-refractivity contribution in [3.8, 4) is 0 Å². The van der Waals surface area contributed by atoms with E-state index in [1.54, 1.807) is 0 Å². The second-order valence-electron chi connectivity index (χ2n) is 2.67. The summed E-state index contributed by atoms with van der Waals surface area (Å²) in [5.41, 5.74) is 0. The zero-order valence-corrected chi connectivity index (χ0v) is 7.90. The van der Waals surface area contributed by atoms with Crippen LogP contribution in [0.4, 0.5) is 0 Å². The maximum Gasteiger partial charge on any atom is 0.327 e. The molecule has 0 fully saturated rings. The van der Waals surface area contributed by atoms with E-state index in [0.717, 1.165) is 12.8 Å². The minimum Gasteiger partial charge on any atom is -0.480 e. The van der Waals surface area contributed by atoms with Gasteiger partial charge in [0.2, 0.25) is 0 Å². The third-order valence-corrected chi connectivity index (χ3v) is 1.41. The highest BCUT2D eigenvalue weighted by Gasteiger charge is 1.91. The normalized spacial score (nSPS) is 10.5. The van der Waals surface area contributed by atoms with Gasteiger partial charge in [0.1, 0.15) is 6.61 Å².